The van der Waals surface area contributed by atoms with Gasteiger partial charge in [-0.05, 0) is 17.7 Å². The highest BCUT2D eigenvalue weighted by Crippen LogP contribution is 2.44. The van der Waals surface area contributed by atoms with Crippen molar-refractivity contribution in [3.05, 3.63) is 48.3 Å². The fourth-order valence-electron chi connectivity index (χ4n) is 3.55. The number of aliphatic hydroxyl groups excluding tert-OH is 2. The molecule has 1 fully saturated rings. The SMILES string of the molecule is COC1=CC(/C=C/C(=O)OP(=O)(O)OC[C@H]2O[C@@H](n3cnc4c(N)ncnc43)[C@H](O)[C@@H]2O)=CCC1=O. The molecule has 4 rings (SSSR count). The lowest BCUT2D eigenvalue weighted by atomic mass is 10.0. The predicted octanol–water partition coefficient (Wildman–Crippen LogP) is -0.326. The fraction of sp³-hybridized carbons (Fsp3) is 0.350. The smallest absolute Gasteiger partial charge is 0.493 e. The van der Waals surface area contributed by atoms with E-state index in [1.165, 1.54) is 42.6 Å². The van der Waals surface area contributed by atoms with E-state index in [0.29, 0.717) is 5.57 Å². The van der Waals surface area contributed by atoms with Gasteiger partial charge in [-0.1, -0.05) is 6.08 Å². The van der Waals surface area contributed by atoms with E-state index in [1.807, 2.05) is 0 Å². The van der Waals surface area contributed by atoms with Gasteiger partial charge in [-0.3, -0.25) is 18.8 Å². The van der Waals surface area contributed by atoms with E-state index in [0.717, 1.165) is 6.08 Å². The van der Waals surface area contributed by atoms with Crippen molar-refractivity contribution in [2.45, 2.75) is 31.0 Å². The Balaban J connectivity index is 1.35. The van der Waals surface area contributed by atoms with Gasteiger partial charge in [-0.2, -0.15) is 0 Å². The zero-order valence-corrected chi connectivity index (χ0v) is 19.6. The van der Waals surface area contributed by atoms with Crippen molar-refractivity contribution in [3.63, 3.8) is 0 Å². The van der Waals surface area contributed by atoms with Crippen LogP contribution in [0.25, 0.3) is 11.2 Å². The van der Waals surface area contributed by atoms with Gasteiger partial charge in [-0.15, -0.1) is 0 Å². The Hall–Kier alpha value is -3.46. The largest absolute Gasteiger partial charge is 0.529 e. The molecule has 0 aromatic carbocycles. The Labute approximate surface area is 203 Å². The quantitative estimate of drug-likeness (QED) is 0.257. The number of rotatable bonds is 8. The molecule has 1 saturated heterocycles. The van der Waals surface area contributed by atoms with Gasteiger partial charge in [0.15, 0.2) is 23.5 Å². The minimum Gasteiger partial charge on any atom is -0.493 e. The van der Waals surface area contributed by atoms with E-state index in [1.54, 1.807) is 0 Å². The number of aliphatic hydroxyl groups is 2. The van der Waals surface area contributed by atoms with Gasteiger partial charge in [0, 0.05) is 12.5 Å². The van der Waals surface area contributed by atoms with Crippen LogP contribution in [0.15, 0.2) is 48.3 Å². The first-order valence-electron chi connectivity index (χ1n) is 10.4. The number of nitrogens with zero attached hydrogens (tertiary/aromatic N) is 4. The summed E-state index contributed by atoms with van der Waals surface area (Å²) >= 11 is 0. The minimum atomic E-state index is -4.91. The van der Waals surface area contributed by atoms with Crippen LogP contribution in [0.1, 0.15) is 12.6 Å². The highest BCUT2D eigenvalue weighted by molar-refractivity contribution is 7.48. The van der Waals surface area contributed by atoms with E-state index >= 15 is 0 Å². The summed E-state index contributed by atoms with van der Waals surface area (Å²) in [6.45, 7) is -0.698. The maximum atomic E-state index is 12.2. The minimum absolute atomic E-state index is 0.0712. The average molecular weight is 523 g/mol. The molecule has 15 nitrogen and oxygen atoms in total. The molecule has 1 aliphatic heterocycles. The number of aromatic nitrogens is 4. The summed E-state index contributed by atoms with van der Waals surface area (Å²) in [4.78, 5) is 45.4. The highest BCUT2D eigenvalue weighted by Gasteiger charge is 2.45. The monoisotopic (exact) mass is 523 g/mol. The molecule has 1 unspecified atom stereocenters. The summed E-state index contributed by atoms with van der Waals surface area (Å²) in [6.07, 6.45) is 2.19. The molecular weight excluding hydrogens is 501 g/mol. The van der Waals surface area contributed by atoms with Gasteiger partial charge < -0.3 is 29.9 Å². The normalized spacial score (nSPS) is 26.1. The van der Waals surface area contributed by atoms with Gasteiger partial charge in [-0.25, -0.2) is 24.3 Å². The van der Waals surface area contributed by atoms with Gasteiger partial charge in [0.2, 0.25) is 5.78 Å². The molecule has 0 amide bonds. The van der Waals surface area contributed by atoms with Crippen molar-refractivity contribution in [1.82, 2.24) is 19.5 Å². The number of methoxy groups -OCH3 is 1. The lowest BCUT2D eigenvalue weighted by Gasteiger charge is -2.17. The van der Waals surface area contributed by atoms with Crippen molar-refractivity contribution < 1.29 is 47.8 Å². The molecular formula is C20H22N5O10P. The molecule has 0 saturated carbocycles. The Morgan fingerprint density at radius 2 is 2.11 bits per heavy atom. The first-order chi connectivity index (χ1) is 17.1. The Morgan fingerprint density at radius 3 is 2.86 bits per heavy atom. The maximum absolute atomic E-state index is 12.2. The van der Waals surface area contributed by atoms with E-state index in [-0.39, 0.29) is 34.9 Å². The number of nitrogen functional groups attached to an aromatic ring is 1. The molecule has 0 spiro atoms. The van der Waals surface area contributed by atoms with Gasteiger partial charge in [0.25, 0.3) is 0 Å². The zero-order valence-electron chi connectivity index (χ0n) is 18.7. The molecule has 2 aromatic rings. The van der Waals surface area contributed by atoms with Crippen molar-refractivity contribution in [2.75, 3.05) is 19.5 Å². The van der Waals surface area contributed by atoms with Gasteiger partial charge >= 0.3 is 13.8 Å². The Kier molecular flexibility index (Phi) is 7.31. The van der Waals surface area contributed by atoms with Crippen LogP contribution in [0.3, 0.4) is 0 Å². The number of phosphoric ester groups is 1. The summed E-state index contributed by atoms with van der Waals surface area (Å²) in [5.41, 5.74) is 6.69. The summed E-state index contributed by atoms with van der Waals surface area (Å²) in [7, 11) is -3.58. The number of hydrogen-bond acceptors (Lipinski definition) is 13. The van der Waals surface area contributed by atoms with E-state index in [9.17, 15) is 29.3 Å². The number of ether oxygens (including phenoxy) is 2. The van der Waals surface area contributed by atoms with Gasteiger partial charge in [0.1, 0.15) is 30.2 Å². The van der Waals surface area contributed by atoms with Gasteiger partial charge in [0.05, 0.1) is 20.0 Å². The Bertz CT molecular complexity index is 1320. The van der Waals surface area contributed by atoms with Crippen LogP contribution in [-0.2, 0) is 32.7 Å². The number of ketones is 1. The van der Waals surface area contributed by atoms with Crippen LogP contribution in [-0.4, -0.2) is 78.4 Å². The third-order valence-electron chi connectivity index (χ3n) is 5.33. The second-order valence-corrected chi connectivity index (χ2v) is 9.06. The number of imidazole rings is 1. The van der Waals surface area contributed by atoms with Crippen LogP contribution < -0.4 is 5.73 Å². The van der Waals surface area contributed by atoms with E-state index in [2.05, 4.69) is 19.5 Å². The molecule has 1 aliphatic carbocycles. The lowest BCUT2D eigenvalue weighted by Crippen LogP contribution is -2.33. The maximum Gasteiger partial charge on any atom is 0.529 e. The van der Waals surface area contributed by atoms with Crippen molar-refractivity contribution in [3.8, 4) is 0 Å². The molecule has 192 valence electrons. The molecule has 16 heteroatoms. The highest BCUT2D eigenvalue weighted by atomic mass is 31.2. The number of anilines is 1. The standard InChI is InChI=1S/C20H22N5O10P/c1-32-12-6-10(2-4-11(12)26)3-5-14(27)35-36(30,31)33-7-13-16(28)17(29)20(34-13)25-9-24-15-18(21)22-8-23-19(15)25/h2-3,5-6,8-9,13,16-17,20,28-29H,4,7H2,1H3,(H,30,31)(H2,21,22,23)/b5-3+/t13-,16-,17-,20-/m1/s1. The summed E-state index contributed by atoms with van der Waals surface area (Å²) in [6, 6.07) is 0. The molecule has 2 aliphatic rings. The average Bonchev–Trinajstić information content (AvgIpc) is 3.39. The number of hydrogen-bond donors (Lipinski definition) is 4. The zero-order chi connectivity index (χ0) is 26.0. The number of phosphoric acid groups is 1. The van der Waals surface area contributed by atoms with Crippen LogP contribution in [0, 0.1) is 0 Å². The molecule has 2 aromatic heterocycles. The summed E-state index contributed by atoms with van der Waals surface area (Å²) < 4.78 is 33.3. The first-order valence-corrected chi connectivity index (χ1v) is 11.9. The van der Waals surface area contributed by atoms with E-state index < -0.39 is 44.9 Å². The van der Waals surface area contributed by atoms with Crippen molar-refractivity contribution >= 4 is 36.6 Å². The number of carbonyl (C=O) groups is 2. The van der Waals surface area contributed by atoms with E-state index in [4.69, 9.17) is 19.7 Å². The van der Waals surface area contributed by atoms with Crippen molar-refractivity contribution in [2.24, 2.45) is 0 Å². The van der Waals surface area contributed by atoms with Crippen LogP contribution >= 0.6 is 7.82 Å². The first kappa shape index (κ1) is 25.6. The summed E-state index contributed by atoms with van der Waals surface area (Å²) in [5, 5.41) is 20.8. The molecule has 0 bridgehead atoms. The van der Waals surface area contributed by atoms with Crippen molar-refractivity contribution in [1.29, 1.82) is 0 Å². The number of fused-ring (bicyclic) bond motifs is 1. The number of carbonyl (C=O) groups excluding carboxylic acids is 2. The number of Topliss-reactive ketones (excluding diaryl/α,β-unsaturated/α-hetero) is 1. The Morgan fingerprint density at radius 1 is 1.33 bits per heavy atom. The fourth-order valence-corrected chi connectivity index (χ4v) is 4.22. The summed E-state index contributed by atoms with van der Waals surface area (Å²) in [5.74, 6) is -1.21. The van der Waals surface area contributed by atoms with Crippen LogP contribution in [0.2, 0.25) is 0 Å². The molecule has 0 radical (unpaired) electrons. The second kappa shape index (κ2) is 10.3. The third kappa shape index (κ3) is 5.36. The molecule has 5 atom stereocenters. The predicted molar refractivity (Wildman–Crippen MR) is 119 cm³/mol. The lowest BCUT2D eigenvalue weighted by molar-refractivity contribution is -0.131. The second-order valence-electron chi connectivity index (χ2n) is 7.68. The van der Waals surface area contributed by atoms with Crippen LogP contribution in [0.4, 0.5) is 5.82 Å². The molecule has 5 N–H and O–H groups in total. The number of nitrogens with two attached hydrogens (primary N) is 1. The van der Waals surface area contributed by atoms with Crippen LogP contribution in [0.5, 0.6) is 0 Å². The molecule has 3 heterocycles. The third-order valence-corrected chi connectivity index (χ3v) is 6.22. The topological polar surface area (TPSA) is 218 Å². The molecule has 36 heavy (non-hydrogen) atoms. The number of allylic oxidation sites excluding steroid dienone is 5.